The van der Waals surface area contributed by atoms with Gasteiger partial charge >= 0.3 is 0 Å². The van der Waals surface area contributed by atoms with Crippen molar-refractivity contribution >= 4 is 11.6 Å². The largest absolute Gasteiger partial charge is 0.232 e. The molecule has 0 unspecified atom stereocenters. The average molecular weight is 287 g/mol. The highest BCUT2D eigenvalue weighted by atomic mass is 35.5. The lowest BCUT2D eigenvalue weighted by atomic mass is 9.97. The first-order valence-electron chi connectivity index (χ1n) is 7.09. The van der Waals surface area contributed by atoms with Crippen molar-refractivity contribution < 1.29 is 0 Å². The maximum atomic E-state index is 6.31. The van der Waals surface area contributed by atoms with Gasteiger partial charge in [0.1, 0.15) is 11.0 Å². The highest BCUT2D eigenvalue weighted by Crippen LogP contribution is 2.40. The third-order valence-electron chi connectivity index (χ3n) is 4.14. The Kier molecular flexibility index (Phi) is 3.29. The summed E-state index contributed by atoms with van der Waals surface area (Å²) >= 11 is 6.31. The molecule has 0 aliphatic heterocycles. The zero-order valence-electron chi connectivity index (χ0n) is 12.4. The standard InChI is InChI=1S/C17H19ClN2/c1-9-7-11(3)14(8-10(9)2)15-12(4)16(18)20-17(19-15)13-5-6-13/h7-8,13H,5-6H2,1-4H3. The van der Waals surface area contributed by atoms with E-state index in [0.29, 0.717) is 11.1 Å². The van der Waals surface area contributed by atoms with Gasteiger partial charge in [-0.2, -0.15) is 0 Å². The van der Waals surface area contributed by atoms with Gasteiger partial charge in [-0.15, -0.1) is 0 Å². The van der Waals surface area contributed by atoms with Gasteiger partial charge in [0.2, 0.25) is 0 Å². The quantitative estimate of drug-likeness (QED) is 0.733. The number of benzene rings is 1. The molecule has 2 aromatic rings. The first kappa shape index (κ1) is 13.6. The van der Waals surface area contributed by atoms with Crippen LogP contribution in [0.25, 0.3) is 11.3 Å². The molecule has 1 fully saturated rings. The molecule has 3 rings (SSSR count). The first-order valence-corrected chi connectivity index (χ1v) is 7.47. The van der Waals surface area contributed by atoms with Crippen LogP contribution in [0.3, 0.4) is 0 Å². The maximum Gasteiger partial charge on any atom is 0.136 e. The van der Waals surface area contributed by atoms with Gasteiger partial charge in [0.15, 0.2) is 0 Å². The molecule has 20 heavy (non-hydrogen) atoms. The normalized spacial score (nSPS) is 14.7. The second-order valence-corrected chi connectivity index (χ2v) is 6.23. The molecule has 3 heteroatoms. The van der Waals surface area contributed by atoms with Crippen LogP contribution in [0.5, 0.6) is 0 Å². The van der Waals surface area contributed by atoms with Gasteiger partial charge in [0.25, 0.3) is 0 Å². The first-order chi connectivity index (χ1) is 9.47. The second kappa shape index (κ2) is 4.85. The second-order valence-electron chi connectivity index (χ2n) is 5.87. The van der Waals surface area contributed by atoms with Crippen molar-refractivity contribution in [1.82, 2.24) is 9.97 Å². The molecule has 2 nitrogen and oxygen atoms in total. The zero-order chi connectivity index (χ0) is 14.4. The molecule has 1 aromatic heterocycles. The van der Waals surface area contributed by atoms with Crippen molar-refractivity contribution in [2.75, 3.05) is 0 Å². The number of halogens is 1. The summed E-state index contributed by atoms with van der Waals surface area (Å²) in [6.45, 7) is 8.41. The van der Waals surface area contributed by atoms with Crippen LogP contribution in [-0.4, -0.2) is 9.97 Å². The van der Waals surface area contributed by atoms with Gasteiger partial charge in [-0.25, -0.2) is 9.97 Å². The molecule has 0 N–H and O–H groups in total. The Morgan fingerprint density at radius 2 is 1.60 bits per heavy atom. The fraction of sp³-hybridized carbons (Fsp3) is 0.412. The number of aromatic nitrogens is 2. The smallest absolute Gasteiger partial charge is 0.136 e. The Balaban J connectivity index is 2.20. The van der Waals surface area contributed by atoms with Crippen molar-refractivity contribution in [2.24, 2.45) is 0 Å². The summed E-state index contributed by atoms with van der Waals surface area (Å²) in [7, 11) is 0. The molecule has 0 bridgehead atoms. The molecule has 0 atom stereocenters. The minimum atomic E-state index is 0.513. The van der Waals surface area contributed by atoms with Crippen LogP contribution in [0.2, 0.25) is 5.15 Å². The third kappa shape index (κ3) is 2.33. The number of aryl methyl sites for hydroxylation is 3. The van der Waals surface area contributed by atoms with E-state index in [0.717, 1.165) is 17.1 Å². The van der Waals surface area contributed by atoms with Crippen LogP contribution in [-0.2, 0) is 0 Å². The van der Waals surface area contributed by atoms with Gasteiger partial charge in [-0.05, 0) is 63.3 Å². The SMILES string of the molecule is Cc1cc(C)c(-c2nc(C3CC3)nc(Cl)c2C)cc1C. The lowest BCUT2D eigenvalue weighted by Gasteiger charge is -2.13. The van der Waals surface area contributed by atoms with Crippen LogP contribution in [0.1, 0.15) is 46.8 Å². The van der Waals surface area contributed by atoms with Gasteiger partial charge in [-0.1, -0.05) is 17.7 Å². The van der Waals surface area contributed by atoms with Crippen molar-refractivity contribution in [3.63, 3.8) is 0 Å². The topological polar surface area (TPSA) is 25.8 Å². The Morgan fingerprint density at radius 1 is 0.950 bits per heavy atom. The maximum absolute atomic E-state index is 6.31. The molecule has 1 aliphatic rings. The molecule has 0 spiro atoms. The van der Waals surface area contributed by atoms with Crippen molar-refractivity contribution in [3.8, 4) is 11.3 Å². The van der Waals surface area contributed by atoms with Crippen molar-refractivity contribution in [2.45, 2.75) is 46.5 Å². The Morgan fingerprint density at radius 3 is 2.25 bits per heavy atom. The van der Waals surface area contributed by atoms with E-state index in [9.17, 15) is 0 Å². The Bertz CT molecular complexity index is 688. The van der Waals surface area contributed by atoms with Crippen LogP contribution in [0.4, 0.5) is 0 Å². The highest BCUT2D eigenvalue weighted by Gasteiger charge is 2.28. The number of rotatable bonds is 2. The summed E-state index contributed by atoms with van der Waals surface area (Å²) in [5, 5.41) is 0.592. The molecule has 1 aliphatic carbocycles. The van der Waals surface area contributed by atoms with Crippen LogP contribution >= 0.6 is 11.6 Å². The van der Waals surface area contributed by atoms with Crippen LogP contribution in [0.15, 0.2) is 12.1 Å². The molecule has 1 aromatic carbocycles. The van der Waals surface area contributed by atoms with E-state index in [-0.39, 0.29) is 0 Å². The van der Waals surface area contributed by atoms with E-state index in [1.807, 2.05) is 6.92 Å². The molecule has 104 valence electrons. The summed E-state index contributed by atoms with van der Waals surface area (Å²) < 4.78 is 0. The van der Waals surface area contributed by atoms with E-state index in [2.05, 4.69) is 37.9 Å². The minimum Gasteiger partial charge on any atom is -0.232 e. The summed E-state index contributed by atoms with van der Waals surface area (Å²) in [5.41, 5.74) is 6.98. The molecule has 0 saturated heterocycles. The average Bonchev–Trinajstić information content (AvgIpc) is 3.21. The van der Waals surface area contributed by atoms with E-state index in [1.54, 1.807) is 0 Å². The number of nitrogens with zero attached hydrogens (tertiary/aromatic N) is 2. The number of hydrogen-bond donors (Lipinski definition) is 0. The van der Waals surface area contributed by atoms with Gasteiger partial charge in [0.05, 0.1) is 5.69 Å². The summed E-state index contributed by atoms with van der Waals surface area (Å²) in [5.74, 6) is 1.42. The minimum absolute atomic E-state index is 0.513. The summed E-state index contributed by atoms with van der Waals surface area (Å²) in [4.78, 5) is 9.25. The van der Waals surface area contributed by atoms with Gasteiger partial charge in [-0.3, -0.25) is 0 Å². The van der Waals surface area contributed by atoms with Crippen molar-refractivity contribution in [3.05, 3.63) is 45.4 Å². The predicted molar refractivity (Wildman–Crippen MR) is 83.4 cm³/mol. The highest BCUT2D eigenvalue weighted by molar-refractivity contribution is 6.30. The molecular formula is C17H19ClN2. The monoisotopic (exact) mass is 286 g/mol. The predicted octanol–water partition coefficient (Wildman–Crippen LogP) is 4.91. The van der Waals surface area contributed by atoms with Gasteiger partial charge < -0.3 is 0 Å². The Labute approximate surface area is 125 Å². The van der Waals surface area contributed by atoms with Crippen LogP contribution in [0, 0.1) is 27.7 Å². The van der Waals surface area contributed by atoms with E-state index in [1.165, 1.54) is 35.1 Å². The molecule has 1 saturated carbocycles. The summed E-state index contributed by atoms with van der Waals surface area (Å²) in [6, 6.07) is 4.43. The number of hydrogen-bond acceptors (Lipinski definition) is 2. The van der Waals surface area contributed by atoms with E-state index in [4.69, 9.17) is 16.6 Å². The zero-order valence-corrected chi connectivity index (χ0v) is 13.2. The lowest BCUT2D eigenvalue weighted by Crippen LogP contribution is -2.01. The molecule has 0 radical (unpaired) electrons. The Hall–Kier alpha value is -1.41. The van der Waals surface area contributed by atoms with Crippen LogP contribution < -0.4 is 0 Å². The molecular weight excluding hydrogens is 268 g/mol. The van der Waals surface area contributed by atoms with E-state index >= 15 is 0 Å². The third-order valence-corrected chi connectivity index (χ3v) is 4.51. The van der Waals surface area contributed by atoms with Gasteiger partial charge in [0, 0.05) is 17.0 Å². The fourth-order valence-corrected chi connectivity index (χ4v) is 2.68. The summed E-state index contributed by atoms with van der Waals surface area (Å²) in [6.07, 6.45) is 2.37. The molecule has 0 amide bonds. The fourth-order valence-electron chi connectivity index (χ4n) is 2.51. The lowest BCUT2D eigenvalue weighted by molar-refractivity contribution is 0.921. The molecule has 1 heterocycles. The van der Waals surface area contributed by atoms with E-state index < -0.39 is 0 Å². The van der Waals surface area contributed by atoms with Crippen molar-refractivity contribution in [1.29, 1.82) is 0 Å².